The summed E-state index contributed by atoms with van der Waals surface area (Å²) in [6, 6.07) is 3.37. The first-order valence-corrected chi connectivity index (χ1v) is 10.5. The molecule has 15 heteroatoms. The Hall–Kier alpha value is -4.14. The van der Waals surface area contributed by atoms with Gasteiger partial charge in [-0.05, 0) is 19.1 Å². The van der Waals surface area contributed by atoms with Gasteiger partial charge in [0.05, 0.1) is 33.4 Å². The Balaban J connectivity index is 2.09. The van der Waals surface area contributed by atoms with Gasteiger partial charge in [-0.25, -0.2) is 28.9 Å². The molecule has 196 valence electrons. The summed E-state index contributed by atoms with van der Waals surface area (Å²) in [6.07, 6.45) is -3.87. The molecule has 36 heavy (non-hydrogen) atoms. The zero-order chi connectivity index (χ0) is 26.5. The van der Waals surface area contributed by atoms with E-state index in [0.29, 0.717) is 17.0 Å². The molecule has 0 unspecified atom stereocenters. The van der Waals surface area contributed by atoms with E-state index in [4.69, 9.17) is 18.9 Å². The molecule has 4 atom stereocenters. The molecule has 2 aromatic heterocycles. The molecule has 1 aliphatic rings. The van der Waals surface area contributed by atoms with Gasteiger partial charge < -0.3 is 38.1 Å². The van der Waals surface area contributed by atoms with Crippen LogP contribution in [0, 0.1) is 0 Å². The number of carbonyl (C=O) groups is 3. The molecule has 0 spiro atoms. The van der Waals surface area contributed by atoms with Crippen LogP contribution in [0.1, 0.15) is 18.7 Å². The number of fused-ring (bicyclic) bond motifs is 1. The first kappa shape index (κ1) is 26.5. The molecule has 0 saturated carbocycles. The van der Waals surface area contributed by atoms with Crippen molar-refractivity contribution in [2.24, 2.45) is 4.99 Å². The molecule has 0 amide bonds. The van der Waals surface area contributed by atoms with Gasteiger partial charge in [0.2, 0.25) is 0 Å². The largest absolute Gasteiger partial charge is 0.508 e. The van der Waals surface area contributed by atoms with Gasteiger partial charge >= 0.3 is 18.5 Å². The Morgan fingerprint density at radius 1 is 1.11 bits per heavy atom. The Morgan fingerprint density at radius 2 is 1.78 bits per heavy atom. The van der Waals surface area contributed by atoms with E-state index in [1.807, 2.05) is 14.1 Å². The van der Waals surface area contributed by atoms with Gasteiger partial charge in [-0.3, -0.25) is 0 Å². The van der Waals surface area contributed by atoms with Gasteiger partial charge in [-0.2, -0.15) is 5.10 Å². The summed E-state index contributed by atoms with van der Waals surface area (Å²) in [5.41, 5.74) is -0.576. The molecule has 3 rings (SSSR count). The number of hydrogen-bond donors (Lipinski definition) is 0. The third kappa shape index (κ3) is 5.56. The fraction of sp³-hybridized carbons (Fsp3) is 0.524. The van der Waals surface area contributed by atoms with Gasteiger partial charge in [0.1, 0.15) is 30.2 Å². The Kier molecular flexibility index (Phi) is 8.14. The number of nitrogens with zero attached hydrogens (tertiary/aromatic N) is 5. The first-order chi connectivity index (χ1) is 17.1. The van der Waals surface area contributed by atoms with Crippen molar-refractivity contribution in [2.45, 2.75) is 30.8 Å². The summed E-state index contributed by atoms with van der Waals surface area (Å²) in [6.45, 7) is 1.09. The maximum Gasteiger partial charge on any atom is 0.508 e. The molecule has 2 aromatic rings. The molecule has 0 aromatic carbocycles. The third-order valence-corrected chi connectivity index (χ3v) is 5.19. The van der Waals surface area contributed by atoms with Crippen LogP contribution in [0.15, 0.2) is 23.5 Å². The van der Waals surface area contributed by atoms with E-state index in [1.165, 1.54) is 17.8 Å². The molecule has 0 aliphatic carbocycles. The fourth-order valence-corrected chi connectivity index (χ4v) is 3.59. The van der Waals surface area contributed by atoms with E-state index in [0.717, 1.165) is 21.3 Å². The van der Waals surface area contributed by atoms with Crippen LogP contribution in [0.4, 0.5) is 20.2 Å². The predicted octanol–water partition coefficient (Wildman–Crippen LogP) is 1.87. The highest BCUT2D eigenvalue weighted by atomic mass is 16.8. The smallest absolute Gasteiger partial charge is 0.438 e. The molecule has 1 fully saturated rings. The number of aromatic nitrogens is 3. The van der Waals surface area contributed by atoms with Crippen LogP contribution in [0.2, 0.25) is 0 Å². The Labute approximate surface area is 205 Å². The number of carbonyl (C=O) groups excluding carboxylic acids is 3. The minimum atomic E-state index is -1.51. The minimum absolute atomic E-state index is 0.368. The van der Waals surface area contributed by atoms with Crippen molar-refractivity contribution in [2.75, 3.05) is 42.0 Å². The second-order valence-electron chi connectivity index (χ2n) is 7.97. The molecule has 0 bridgehead atoms. The lowest BCUT2D eigenvalue weighted by molar-refractivity contribution is -0.115. The number of methoxy groups -OCH3 is 3. The quantitative estimate of drug-likeness (QED) is 0.230. The van der Waals surface area contributed by atoms with Gasteiger partial charge in [-0.1, -0.05) is 0 Å². The molecule has 1 saturated heterocycles. The van der Waals surface area contributed by atoms with Gasteiger partial charge in [0.25, 0.3) is 0 Å². The Bertz CT molecular complexity index is 1140. The monoisotopic (exact) mass is 509 g/mol. The molecule has 15 nitrogen and oxygen atoms in total. The first-order valence-electron chi connectivity index (χ1n) is 10.5. The highest BCUT2D eigenvalue weighted by Gasteiger charge is 2.59. The molecule has 1 aliphatic heterocycles. The lowest BCUT2D eigenvalue weighted by Crippen LogP contribution is -2.48. The van der Waals surface area contributed by atoms with Crippen molar-refractivity contribution >= 4 is 36.1 Å². The van der Waals surface area contributed by atoms with Crippen molar-refractivity contribution in [3.8, 4) is 0 Å². The summed E-state index contributed by atoms with van der Waals surface area (Å²) in [4.78, 5) is 46.1. The van der Waals surface area contributed by atoms with E-state index in [9.17, 15) is 14.4 Å². The second-order valence-corrected chi connectivity index (χ2v) is 7.97. The lowest BCUT2D eigenvalue weighted by atomic mass is 9.96. The van der Waals surface area contributed by atoms with E-state index >= 15 is 0 Å². The van der Waals surface area contributed by atoms with Gasteiger partial charge in [0.15, 0.2) is 18.0 Å². The van der Waals surface area contributed by atoms with Crippen molar-refractivity contribution in [3.63, 3.8) is 0 Å². The van der Waals surface area contributed by atoms with Crippen molar-refractivity contribution in [1.82, 2.24) is 19.5 Å². The van der Waals surface area contributed by atoms with Crippen LogP contribution in [0.3, 0.4) is 0 Å². The summed E-state index contributed by atoms with van der Waals surface area (Å²) in [5, 5.41) is 4.27. The molecule has 0 radical (unpaired) electrons. The number of hydrogen-bond acceptors (Lipinski definition) is 13. The van der Waals surface area contributed by atoms with Crippen molar-refractivity contribution in [3.05, 3.63) is 24.2 Å². The van der Waals surface area contributed by atoms with Gasteiger partial charge in [0, 0.05) is 14.1 Å². The zero-order valence-electron chi connectivity index (χ0n) is 20.6. The number of rotatable bonds is 7. The third-order valence-electron chi connectivity index (χ3n) is 5.19. The summed E-state index contributed by atoms with van der Waals surface area (Å²) < 4.78 is 37.5. The van der Waals surface area contributed by atoms with Gasteiger partial charge in [-0.15, -0.1) is 0 Å². The second kappa shape index (κ2) is 11.1. The van der Waals surface area contributed by atoms with Crippen LogP contribution >= 0.6 is 0 Å². The Morgan fingerprint density at radius 3 is 2.42 bits per heavy atom. The SMILES string of the molecule is COC(=O)OC[C@@]1(C)O[C@@H](c2ccc3c(/N=C\N(C)C)ncnn23)[C@H](OC(=O)OC)[C@@H]1OC(=O)OC. The van der Waals surface area contributed by atoms with Crippen LogP contribution in [-0.4, -0.2) is 104 Å². The lowest BCUT2D eigenvalue weighted by Gasteiger charge is -2.29. The predicted molar refractivity (Wildman–Crippen MR) is 120 cm³/mol. The van der Waals surface area contributed by atoms with Crippen LogP contribution in [0.25, 0.3) is 5.52 Å². The van der Waals surface area contributed by atoms with Crippen LogP contribution < -0.4 is 0 Å². The highest BCUT2D eigenvalue weighted by Crippen LogP contribution is 2.44. The fourth-order valence-electron chi connectivity index (χ4n) is 3.59. The van der Waals surface area contributed by atoms with E-state index in [1.54, 1.807) is 23.4 Å². The molecule has 3 heterocycles. The van der Waals surface area contributed by atoms with E-state index in [-0.39, 0.29) is 0 Å². The normalized spacial score (nSPS) is 23.3. The molecular weight excluding hydrogens is 482 g/mol. The standard InChI is InChI=1S/C21H27N5O10/c1-21(9-33-18(27)30-4)16(35-20(29)32-6)15(34-19(28)31-5)14(36-21)12-7-8-13-17(23-11-25(2)3)22-10-24-26(12)13/h7-8,10-11,14-16H,9H2,1-6H3/b23-11-/t14-,15-,16-,21+/m0/s1. The van der Waals surface area contributed by atoms with Crippen LogP contribution in [-0.2, 0) is 33.2 Å². The van der Waals surface area contributed by atoms with Crippen LogP contribution in [0.5, 0.6) is 0 Å². The minimum Gasteiger partial charge on any atom is -0.438 e. The average Bonchev–Trinajstić information content (AvgIpc) is 3.41. The molecular formula is C21H27N5O10. The van der Waals surface area contributed by atoms with E-state index < -0.39 is 49.0 Å². The maximum atomic E-state index is 12.1. The summed E-state index contributed by atoms with van der Waals surface area (Å²) in [7, 11) is 6.99. The topological polar surface area (TPSA) is 162 Å². The number of aliphatic imine (C=N–C) groups is 1. The molecule has 0 N–H and O–H groups in total. The summed E-state index contributed by atoms with van der Waals surface area (Å²) >= 11 is 0. The average molecular weight is 509 g/mol. The van der Waals surface area contributed by atoms with Crippen molar-refractivity contribution < 1.29 is 47.5 Å². The maximum absolute atomic E-state index is 12.1. The highest BCUT2D eigenvalue weighted by molar-refractivity contribution is 5.71. The van der Waals surface area contributed by atoms with E-state index in [2.05, 4.69) is 29.3 Å². The van der Waals surface area contributed by atoms with Crippen molar-refractivity contribution in [1.29, 1.82) is 0 Å². The zero-order valence-corrected chi connectivity index (χ0v) is 20.6. The number of ether oxygens (including phenoxy) is 7. The summed E-state index contributed by atoms with van der Waals surface area (Å²) in [5.74, 6) is 0.368.